The minimum Gasteiger partial charge on any atom is -0.452 e. The summed E-state index contributed by atoms with van der Waals surface area (Å²) in [6.07, 6.45) is 13.7. The van der Waals surface area contributed by atoms with E-state index < -0.39 is 0 Å². The molecule has 7 aromatic carbocycles. The lowest BCUT2D eigenvalue weighted by Crippen LogP contribution is -2.18. The Hall–Kier alpha value is -7.57. The smallest absolute Gasteiger partial charge is 0.164 e. The van der Waals surface area contributed by atoms with Gasteiger partial charge in [0.2, 0.25) is 0 Å². The molecule has 0 radical (unpaired) electrons. The van der Waals surface area contributed by atoms with Crippen LogP contribution in [0.5, 0.6) is 11.5 Å². The number of allylic oxidation sites excluding steroid dienone is 3. The van der Waals surface area contributed by atoms with Gasteiger partial charge in [-0.15, -0.1) is 0 Å². The van der Waals surface area contributed by atoms with Crippen LogP contribution in [0.15, 0.2) is 182 Å². The summed E-state index contributed by atoms with van der Waals surface area (Å²) in [5.41, 5.74) is 14.1. The highest BCUT2D eigenvalue weighted by molar-refractivity contribution is 5.92. The van der Waals surface area contributed by atoms with E-state index in [0.29, 0.717) is 17.5 Å². The second kappa shape index (κ2) is 15.9. The third-order valence-corrected chi connectivity index (χ3v) is 11.9. The first-order valence-electron chi connectivity index (χ1n) is 21.3. The lowest BCUT2D eigenvalue weighted by Gasteiger charge is -2.36. The first kappa shape index (κ1) is 36.5. The summed E-state index contributed by atoms with van der Waals surface area (Å²) in [4.78, 5) is 19.8. The Morgan fingerprint density at radius 3 is 1.74 bits per heavy atom. The Bertz CT molecular complexity index is 2890. The molecule has 0 bridgehead atoms. The van der Waals surface area contributed by atoms with E-state index in [1.165, 1.54) is 29.5 Å². The molecule has 1 aliphatic heterocycles. The van der Waals surface area contributed by atoms with Gasteiger partial charge in [-0.1, -0.05) is 115 Å². The Kier molecular flexibility index (Phi) is 9.51. The van der Waals surface area contributed by atoms with Gasteiger partial charge >= 0.3 is 0 Å². The summed E-state index contributed by atoms with van der Waals surface area (Å²) in [6.45, 7) is 0. The highest BCUT2D eigenvalue weighted by Gasteiger charge is 2.30. The summed E-state index contributed by atoms with van der Waals surface area (Å²) in [5.74, 6) is 3.60. The fraction of sp³-hybridized carbons (Fsp3) is 0.109. The minimum absolute atomic E-state index is 0.625. The topological polar surface area (TPSA) is 54.4 Å². The lowest BCUT2D eigenvalue weighted by atomic mass is 9.93. The van der Waals surface area contributed by atoms with Crippen molar-refractivity contribution in [3.63, 3.8) is 0 Å². The molecule has 0 saturated carbocycles. The molecule has 6 heteroatoms. The second-order valence-electron chi connectivity index (χ2n) is 15.8. The van der Waals surface area contributed by atoms with E-state index >= 15 is 0 Å². The monoisotopic (exact) mass is 789 g/mol. The summed E-state index contributed by atoms with van der Waals surface area (Å²) in [6, 6.07) is 59.4. The van der Waals surface area contributed by atoms with E-state index in [1.54, 1.807) is 0 Å². The highest BCUT2D eigenvalue weighted by Crippen LogP contribution is 2.54. The first-order chi connectivity index (χ1) is 30.2. The number of hydrogen-bond donors (Lipinski definition) is 0. The van der Waals surface area contributed by atoms with E-state index in [9.17, 15) is 0 Å². The van der Waals surface area contributed by atoms with Gasteiger partial charge in [0.25, 0.3) is 0 Å². The van der Waals surface area contributed by atoms with Crippen LogP contribution < -0.4 is 14.5 Å². The zero-order valence-corrected chi connectivity index (χ0v) is 33.8. The quantitative estimate of drug-likeness (QED) is 0.153. The van der Waals surface area contributed by atoms with Crippen LogP contribution in [0.1, 0.15) is 48.8 Å². The molecule has 2 aliphatic carbocycles. The second-order valence-corrected chi connectivity index (χ2v) is 15.8. The molecule has 8 aromatic rings. The number of aromatic nitrogens is 3. The number of rotatable bonds is 8. The van der Waals surface area contributed by atoms with Crippen molar-refractivity contribution in [3.8, 4) is 45.7 Å². The van der Waals surface area contributed by atoms with Gasteiger partial charge in [0, 0.05) is 45.0 Å². The summed E-state index contributed by atoms with van der Waals surface area (Å²) in [5, 5.41) is 0. The molecular formula is C55H43N5O. The van der Waals surface area contributed by atoms with Crippen LogP contribution in [0.4, 0.5) is 34.1 Å². The Balaban J connectivity index is 1.01. The fourth-order valence-corrected chi connectivity index (χ4v) is 8.82. The molecule has 0 amide bonds. The Morgan fingerprint density at radius 1 is 0.492 bits per heavy atom. The molecule has 0 unspecified atom stereocenters. The van der Waals surface area contributed by atoms with Crippen molar-refractivity contribution in [2.24, 2.45) is 0 Å². The number of aryl methyl sites for hydroxylation is 1. The maximum Gasteiger partial charge on any atom is 0.164 e. The normalized spacial score (nSPS) is 14.0. The van der Waals surface area contributed by atoms with Gasteiger partial charge in [-0.05, 0) is 128 Å². The number of benzene rings is 7. The summed E-state index contributed by atoms with van der Waals surface area (Å²) >= 11 is 0. The van der Waals surface area contributed by atoms with Crippen molar-refractivity contribution < 1.29 is 4.74 Å². The number of para-hydroxylation sites is 2. The molecule has 0 fully saturated rings. The first-order valence-corrected chi connectivity index (χ1v) is 21.3. The molecule has 6 nitrogen and oxygen atoms in total. The molecule has 61 heavy (non-hydrogen) atoms. The van der Waals surface area contributed by atoms with Crippen molar-refractivity contribution in [1.29, 1.82) is 0 Å². The number of anilines is 6. The fourth-order valence-electron chi connectivity index (χ4n) is 8.82. The molecular weight excluding hydrogens is 747 g/mol. The molecule has 3 aliphatic rings. The number of fused-ring (bicyclic) bond motifs is 4. The molecule has 0 saturated heterocycles. The predicted octanol–water partition coefficient (Wildman–Crippen LogP) is 14.8. The molecule has 294 valence electrons. The van der Waals surface area contributed by atoms with Crippen molar-refractivity contribution in [2.75, 3.05) is 9.80 Å². The van der Waals surface area contributed by atoms with Gasteiger partial charge in [-0.2, -0.15) is 0 Å². The number of ether oxygens (including phenoxy) is 1. The van der Waals surface area contributed by atoms with Crippen molar-refractivity contribution in [1.82, 2.24) is 15.0 Å². The molecule has 0 atom stereocenters. The molecule has 0 N–H and O–H groups in total. The van der Waals surface area contributed by atoms with Gasteiger partial charge < -0.3 is 14.5 Å². The number of hydrogen-bond acceptors (Lipinski definition) is 6. The average molecular weight is 790 g/mol. The third kappa shape index (κ3) is 7.06. The largest absolute Gasteiger partial charge is 0.452 e. The van der Waals surface area contributed by atoms with E-state index in [2.05, 4.69) is 180 Å². The third-order valence-electron chi connectivity index (χ3n) is 11.9. The van der Waals surface area contributed by atoms with Gasteiger partial charge in [-0.25, -0.2) is 15.0 Å². The van der Waals surface area contributed by atoms with Crippen molar-refractivity contribution >= 4 is 45.8 Å². The lowest BCUT2D eigenvalue weighted by molar-refractivity contribution is 0.475. The maximum atomic E-state index is 6.88. The van der Waals surface area contributed by atoms with Gasteiger partial charge in [0.05, 0.1) is 11.4 Å². The molecule has 11 rings (SSSR count). The minimum atomic E-state index is 0.625. The Labute approximate surface area is 356 Å². The van der Waals surface area contributed by atoms with Crippen LogP contribution in [-0.4, -0.2) is 15.0 Å². The SMILES string of the molecule is C1=Cc2c(ccc3c2Oc2ccc(N(c4ccccc4)c4ccccc4)cc2N3c2ccc(-c3nc(-c4ccccc4)nc(-c4ccc(C5=CCCCC5)cc4)n3)cc2)CC1. The molecule has 1 aromatic heterocycles. The van der Waals surface area contributed by atoms with Crippen LogP contribution in [0.2, 0.25) is 0 Å². The van der Waals surface area contributed by atoms with E-state index in [4.69, 9.17) is 19.7 Å². The highest BCUT2D eigenvalue weighted by atomic mass is 16.5. The summed E-state index contributed by atoms with van der Waals surface area (Å²) in [7, 11) is 0. The van der Waals surface area contributed by atoms with Crippen LogP contribution in [-0.2, 0) is 6.42 Å². The number of nitrogens with zero attached hydrogens (tertiary/aromatic N) is 5. The standard InChI is InChI=1S/C55H43N5O/c1-5-15-38(16-6-1)39-25-27-42(28-26-39)54-56-53(41-18-7-2-8-19-41)57-55(58-54)43-29-32-46(33-30-43)60-49-35-31-40-17-13-14-24-48(40)52(49)61-51-36-34-47(37-50(51)60)59(44-20-9-3-10-21-44)45-22-11-4-12-23-45/h2-4,7-12,14-15,18-37H,1,5-6,13,16-17H2. The van der Waals surface area contributed by atoms with Gasteiger partial charge in [0.1, 0.15) is 0 Å². The van der Waals surface area contributed by atoms with Gasteiger partial charge in [0.15, 0.2) is 29.0 Å². The predicted molar refractivity (Wildman–Crippen MR) is 249 cm³/mol. The molecule has 0 spiro atoms. The van der Waals surface area contributed by atoms with Crippen LogP contribution in [0.25, 0.3) is 45.8 Å². The average Bonchev–Trinajstić information content (AvgIpc) is 3.34. The zero-order chi connectivity index (χ0) is 40.5. The van der Waals surface area contributed by atoms with Crippen LogP contribution in [0, 0.1) is 0 Å². The van der Waals surface area contributed by atoms with E-state index in [1.807, 2.05) is 18.2 Å². The van der Waals surface area contributed by atoms with Crippen LogP contribution >= 0.6 is 0 Å². The molecule has 2 heterocycles. The van der Waals surface area contributed by atoms with Gasteiger partial charge in [-0.3, -0.25) is 0 Å². The van der Waals surface area contributed by atoms with E-state index in [0.717, 1.165) is 93.6 Å². The van der Waals surface area contributed by atoms with Crippen molar-refractivity contribution in [2.45, 2.75) is 38.5 Å². The van der Waals surface area contributed by atoms with E-state index in [-0.39, 0.29) is 0 Å². The summed E-state index contributed by atoms with van der Waals surface area (Å²) < 4.78 is 6.88. The van der Waals surface area contributed by atoms with Crippen molar-refractivity contribution in [3.05, 3.63) is 199 Å². The maximum absolute atomic E-state index is 6.88. The zero-order valence-electron chi connectivity index (χ0n) is 33.8. The Morgan fingerprint density at radius 2 is 1.10 bits per heavy atom. The van der Waals surface area contributed by atoms with Crippen LogP contribution in [0.3, 0.4) is 0 Å².